The third-order valence-electron chi connectivity index (χ3n) is 5.56. The van der Waals surface area contributed by atoms with Crippen molar-refractivity contribution in [2.45, 2.75) is 19.4 Å². The summed E-state index contributed by atoms with van der Waals surface area (Å²) < 4.78 is 7.15. The van der Waals surface area contributed by atoms with Crippen LogP contribution in [-0.4, -0.2) is 38.7 Å². The van der Waals surface area contributed by atoms with Crippen LogP contribution in [0.15, 0.2) is 88.9 Å². The van der Waals surface area contributed by atoms with Gasteiger partial charge in [0.15, 0.2) is 0 Å². The number of carbonyl (C=O) groups is 2. The van der Waals surface area contributed by atoms with E-state index in [1.807, 2.05) is 36.4 Å². The molecular formula is C26H23N5O4. The van der Waals surface area contributed by atoms with Gasteiger partial charge in [-0.05, 0) is 43.7 Å². The number of nitrogens with zero attached hydrogens (tertiary/aromatic N) is 4. The molecule has 1 atom stereocenters. The van der Waals surface area contributed by atoms with Crippen LogP contribution < -0.4 is 10.1 Å². The lowest BCUT2D eigenvalue weighted by Gasteiger charge is -2.19. The van der Waals surface area contributed by atoms with Crippen LogP contribution in [-0.2, 0) is 4.79 Å². The molecule has 1 aliphatic heterocycles. The summed E-state index contributed by atoms with van der Waals surface area (Å²) in [6.45, 7) is 3.45. The second-order valence-corrected chi connectivity index (χ2v) is 8.95. The van der Waals surface area contributed by atoms with Gasteiger partial charge in [-0.25, -0.2) is 4.52 Å². The number of hydrogen-bond donors (Lipinski definition) is 2. The van der Waals surface area contributed by atoms with E-state index in [1.54, 1.807) is 48.8 Å². The highest BCUT2D eigenvalue weighted by molar-refractivity contribution is 6.08. The predicted octanol–water partition coefficient (Wildman–Crippen LogP) is 4.18. The Morgan fingerprint density at radius 1 is 1.14 bits per heavy atom. The fourth-order valence-electron chi connectivity index (χ4n) is 3.82. The average molecular weight is 470 g/mol. The van der Waals surface area contributed by atoms with Crippen molar-refractivity contribution in [1.29, 1.82) is 0 Å². The molecule has 2 N–H and O–H groups in total. The largest absolute Gasteiger partial charge is 0.489 e. The van der Waals surface area contributed by atoms with Gasteiger partial charge in [-0.3, -0.25) is 9.59 Å². The molecule has 0 radical (unpaired) electrons. The van der Waals surface area contributed by atoms with Crippen LogP contribution in [0.4, 0.5) is 5.69 Å². The number of hydrogen-bond acceptors (Lipinski definition) is 6. The van der Waals surface area contributed by atoms with E-state index in [4.69, 9.17) is 4.74 Å². The van der Waals surface area contributed by atoms with Crippen LogP contribution in [0.2, 0.25) is 0 Å². The van der Waals surface area contributed by atoms with Crippen LogP contribution in [0.1, 0.15) is 29.8 Å². The van der Waals surface area contributed by atoms with Crippen LogP contribution in [0.5, 0.6) is 5.75 Å². The van der Waals surface area contributed by atoms with Crippen molar-refractivity contribution in [3.8, 4) is 5.75 Å². The van der Waals surface area contributed by atoms with E-state index in [1.165, 1.54) is 6.20 Å². The number of rotatable bonds is 6. The molecule has 1 aliphatic carbocycles. The monoisotopic (exact) mass is 469 g/mol. The number of carbonyl (C=O) groups excluding carboxylic acids is 2. The Bertz CT molecular complexity index is 1440. The van der Waals surface area contributed by atoms with Crippen LogP contribution >= 0.6 is 0 Å². The molecule has 0 fully saturated rings. The van der Waals surface area contributed by atoms with Gasteiger partial charge in [0.25, 0.3) is 11.8 Å². The summed E-state index contributed by atoms with van der Waals surface area (Å²) in [4.78, 5) is 24.9. The first-order valence-corrected chi connectivity index (χ1v) is 11.1. The molecule has 1 aromatic carbocycles. The summed E-state index contributed by atoms with van der Waals surface area (Å²) in [5.74, 6) is -0.461. The van der Waals surface area contributed by atoms with Crippen molar-refractivity contribution in [1.82, 2.24) is 9.61 Å². The van der Waals surface area contributed by atoms with Crippen LogP contribution in [0, 0.1) is 5.92 Å². The normalized spacial score (nSPS) is 17.1. The highest BCUT2D eigenvalue weighted by Crippen LogP contribution is 2.34. The standard InChI is InChI=1S/C26H23N5O4/c1-26(2,34)15-35-18-11-12-22-21(13-27-31(22)14-18)24(32)28-17-9-7-16(8-10-17)23-19-5-3-4-6-20(19)25(33)30-29-23/h3-14,20,34H,15H2,1-2H3,(H,28,32). The molecule has 9 heteroatoms. The maximum absolute atomic E-state index is 12.9. The van der Waals surface area contributed by atoms with Crippen molar-refractivity contribution < 1.29 is 19.4 Å². The van der Waals surface area contributed by atoms with Crippen molar-refractivity contribution in [2.24, 2.45) is 16.1 Å². The quantitative estimate of drug-likeness (QED) is 0.562. The van der Waals surface area contributed by atoms with Crippen molar-refractivity contribution in [3.05, 3.63) is 89.8 Å². The molecule has 3 heterocycles. The number of pyridine rings is 1. The molecule has 0 bridgehead atoms. The maximum atomic E-state index is 12.9. The number of benzene rings is 1. The molecule has 176 valence electrons. The summed E-state index contributed by atoms with van der Waals surface area (Å²) >= 11 is 0. The van der Waals surface area contributed by atoms with E-state index in [0.717, 1.165) is 11.1 Å². The maximum Gasteiger partial charge on any atom is 0.276 e. The number of amides is 2. The molecule has 35 heavy (non-hydrogen) atoms. The fourth-order valence-corrected chi connectivity index (χ4v) is 3.82. The average Bonchev–Trinajstić information content (AvgIpc) is 3.27. The number of fused-ring (bicyclic) bond motifs is 2. The fraction of sp³-hybridized carbons (Fsp3) is 0.192. The first-order valence-electron chi connectivity index (χ1n) is 11.1. The minimum Gasteiger partial charge on any atom is -0.489 e. The van der Waals surface area contributed by atoms with Crippen LogP contribution in [0.25, 0.3) is 11.2 Å². The highest BCUT2D eigenvalue weighted by Gasteiger charge is 2.27. The highest BCUT2D eigenvalue weighted by atomic mass is 16.5. The third-order valence-corrected chi connectivity index (χ3v) is 5.56. The minimum absolute atomic E-state index is 0.132. The molecule has 1 unspecified atom stereocenters. The molecule has 5 rings (SSSR count). The molecule has 3 aromatic rings. The molecule has 0 spiro atoms. The van der Waals surface area contributed by atoms with Gasteiger partial charge in [0.2, 0.25) is 0 Å². The van der Waals surface area contributed by atoms with E-state index < -0.39 is 11.5 Å². The molecule has 0 saturated carbocycles. The predicted molar refractivity (Wildman–Crippen MR) is 130 cm³/mol. The van der Waals surface area contributed by atoms with Gasteiger partial charge < -0.3 is 15.2 Å². The third kappa shape index (κ3) is 4.67. The molecule has 2 amide bonds. The molecule has 2 aliphatic rings. The van der Waals surface area contributed by atoms with Crippen molar-refractivity contribution >= 4 is 28.7 Å². The van der Waals surface area contributed by atoms with E-state index in [9.17, 15) is 14.7 Å². The number of allylic oxidation sites excluding steroid dienone is 3. The van der Waals surface area contributed by atoms with Gasteiger partial charge in [-0.15, -0.1) is 10.2 Å². The van der Waals surface area contributed by atoms with E-state index in [0.29, 0.717) is 28.2 Å². The zero-order chi connectivity index (χ0) is 24.6. The van der Waals surface area contributed by atoms with Crippen molar-refractivity contribution in [2.75, 3.05) is 11.9 Å². The lowest BCUT2D eigenvalue weighted by molar-refractivity contribution is -0.119. The van der Waals surface area contributed by atoms with Gasteiger partial charge in [0, 0.05) is 11.3 Å². The van der Waals surface area contributed by atoms with Gasteiger partial charge >= 0.3 is 0 Å². The molecule has 9 nitrogen and oxygen atoms in total. The van der Waals surface area contributed by atoms with Crippen LogP contribution in [0.3, 0.4) is 0 Å². The number of aromatic nitrogens is 2. The number of azo groups is 1. The smallest absolute Gasteiger partial charge is 0.276 e. The Balaban J connectivity index is 1.32. The Hall–Kier alpha value is -4.37. The first-order chi connectivity index (χ1) is 16.8. The summed E-state index contributed by atoms with van der Waals surface area (Å²) in [5.41, 5.74) is 2.92. The lowest BCUT2D eigenvalue weighted by Crippen LogP contribution is -2.27. The molecular weight excluding hydrogens is 446 g/mol. The summed E-state index contributed by atoms with van der Waals surface area (Å²) in [5, 5.41) is 24.9. The second-order valence-electron chi connectivity index (χ2n) is 8.95. The Morgan fingerprint density at radius 3 is 2.71 bits per heavy atom. The van der Waals surface area contributed by atoms with Gasteiger partial charge in [-0.2, -0.15) is 5.10 Å². The zero-order valence-corrected chi connectivity index (χ0v) is 19.2. The number of anilines is 1. The first kappa shape index (κ1) is 22.4. The topological polar surface area (TPSA) is 118 Å². The number of nitrogens with one attached hydrogen (secondary N) is 1. The minimum atomic E-state index is -0.958. The van der Waals surface area contributed by atoms with E-state index >= 15 is 0 Å². The zero-order valence-electron chi connectivity index (χ0n) is 19.2. The Labute approximate surface area is 201 Å². The SMILES string of the molecule is CC(C)(O)COc1ccc2c(C(=O)Nc3ccc(C4=C5C=CC=CC5C(=O)N=N4)cc3)cnn2c1. The summed E-state index contributed by atoms with van der Waals surface area (Å²) in [6.07, 6.45) is 10.5. The van der Waals surface area contributed by atoms with Gasteiger partial charge in [0.05, 0.1) is 40.7 Å². The summed E-state index contributed by atoms with van der Waals surface area (Å²) in [7, 11) is 0. The Morgan fingerprint density at radius 2 is 1.94 bits per heavy atom. The lowest BCUT2D eigenvalue weighted by atomic mass is 9.89. The second kappa shape index (κ2) is 8.77. The van der Waals surface area contributed by atoms with Gasteiger partial charge in [0.1, 0.15) is 12.4 Å². The molecule has 2 aromatic heterocycles. The number of ether oxygens (including phenoxy) is 1. The number of aliphatic hydroxyl groups is 1. The summed E-state index contributed by atoms with van der Waals surface area (Å²) in [6, 6.07) is 10.7. The Kier molecular flexibility index (Phi) is 5.62. The van der Waals surface area contributed by atoms with Crippen molar-refractivity contribution in [3.63, 3.8) is 0 Å². The molecule has 0 saturated heterocycles. The van der Waals surface area contributed by atoms with E-state index in [-0.39, 0.29) is 18.4 Å². The van der Waals surface area contributed by atoms with E-state index in [2.05, 4.69) is 20.6 Å². The van der Waals surface area contributed by atoms with Gasteiger partial charge in [-0.1, -0.05) is 36.4 Å².